The summed E-state index contributed by atoms with van der Waals surface area (Å²) in [6.45, 7) is 6.55. The van der Waals surface area contributed by atoms with Crippen molar-refractivity contribution in [2.24, 2.45) is 5.92 Å². The maximum Gasteiger partial charge on any atom is 0.0669 e. The van der Waals surface area contributed by atoms with Crippen LogP contribution in [0, 0.1) is 17.2 Å². The minimum absolute atomic E-state index is 0.283. The Labute approximate surface area is 68.8 Å². The minimum Gasteiger partial charge on any atom is -0.300 e. The van der Waals surface area contributed by atoms with E-state index >= 15 is 0 Å². The van der Waals surface area contributed by atoms with Crippen molar-refractivity contribution in [2.45, 2.75) is 32.7 Å². The van der Waals surface area contributed by atoms with Gasteiger partial charge >= 0.3 is 0 Å². The van der Waals surface area contributed by atoms with Crippen molar-refractivity contribution in [1.29, 1.82) is 5.26 Å². The lowest BCUT2D eigenvalue weighted by Gasteiger charge is -2.32. The number of likely N-dealkylation sites (tertiary alicyclic amines) is 1. The Balaban J connectivity index is 2.41. The molecule has 0 aromatic rings. The average molecular weight is 152 g/mol. The number of nitrogens with zero attached hydrogens (tertiary/aromatic N) is 2. The first kappa shape index (κ1) is 8.55. The fourth-order valence-corrected chi connectivity index (χ4v) is 1.58. The molecule has 1 saturated heterocycles. The van der Waals surface area contributed by atoms with Gasteiger partial charge in [0, 0.05) is 12.6 Å². The van der Waals surface area contributed by atoms with Crippen LogP contribution >= 0.6 is 0 Å². The molecule has 1 atom stereocenters. The number of hydrogen-bond donors (Lipinski definition) is 0. The van der Waals surface area contributed by atoms with E-state index in [0.29, 0.717) is 6.04 Å². The number of piperidine rings is 1. The average Bonchev–Trinajstić information content (AvgIpc) is 2.05. The van der Waals surface area contributed by atoms with E-state index < -0.39 is 0 Å². The van der Waals surface area contributed by atoms with Crippen molar-refractivity contribution < 1.29 is 0 Å². The molecule has 1 fully saturated rings. The highest BCUT2D eigenvalue weighted by atomic mass is 15.1. The van der Waals surface area contributed by atoms with Gasteiger partial charge in [-0.2, -0.15) is 5.26 Å². The van der Waals surface area contributed by atoms with Gasteiger partial charge in [-0.15, -0.1) is 0 Å². The highest BCUT2D eigenvalue weighted by Crippen LogP contribution is 2.16. The molecule has 2 heteroatoms. The number of hydrogen-bond acceptors (Lipinski definition) is 2. The molecule has 62 valence electrons. The summed E-state index contributed by atoms with van der Waals surface area (Å²) in [6, 6.07) is 2.95. The molecule has 0 N–H and O–H groups in total. The van der Waals surface area contributed by atoms with Crippen molar-refractivity contribution in [1.82, 2.24) is 4.90 Å². The van der Waals surface area contributed by atoms with Crippen LogP contribution in [0.4, 0.5) is 0 Å². The van der Waals surface area contributed by atoms with E-state index in [0.717, 1.165) is 13.0 Å². The summed E-state index contributed by atoms with van der Waals surface area (Å²) >= 11 is 0. The summed E-state index contributed by atoms with van der Waals surface area (Å²) in [5.74, 6) is 0.283. The molecule has 2 nitrogen and oxygen atoms in total. The highest BCUT2D eigenvalue weighted by molar-refractivity contribution is 4.88. The van der Waals surface area contributed by atoms with Gasteiger partial charge in [-0.1, -0.05) is 0 Å². The fourth-order valence-electron chi connectivity index (χ4n) is 1.58. The second-order valence-electron chi connectivity index (χ2n) is 3.56. The van der Waals surface area contributed by atoms with Crippen LogP contribution in [-0.4, -0.2) is 24.0 Å². The zero-order chi connectivity index (χ0) is 8.27. The van der Waals surface area contributed by atoms with Crippen LogP contribution in [0.3, 0.4) is 0 Å². The standard InChI is InChI=1S/C9H16N2/c1-8(2)11-5-3-4-9(6-10)7-11/h8-9H,3-5,7H2,1-2H3/t9-/m0/s1. The molecule has 1 aliphatic rings. The van der Waals surface area contributed by atoms with Gasteiger partial charge < -0.3 is 0 Å². The Bertz CT molecular complexity index is 157. The van der Waals surface area contributed by atoms with Crippen molar-refractivity contribution in [2.75, 3.05) is 13.1 Å². The van der Waals surface area contributed by atoms with Gasteiger partial charge in [0.15, 0.2) is 0 Å². The summed E-state index contributed by atoms with van der Waals surface area (Å²) in [7, 11) is 0. The van der Waals surface area contributed by atoms with Gasteiger partial charge in [-0.05, 0) is 33.2 Å². The molecule has 0 amide bonds. The molecule has 0 unspecified atom stereocenters. The van der Waals surface area contributed by atoms with E-state index in [-0.39, 0.29) is 5.92 Å². The minimum atomic E-state index is 0.283. The molecule has 1 aliphatic heterocycles. The lowest BCUT2D eigenvalue weighted by atomic mass is 9.99. The summed E-state index contributed by atoms with van der Waals surface area (Å²) in [4.78, 5) is 2.39. The quantitative estimate of drug-likeness (QED) is 0.571. The summed E-state index contributed by atoms with van der Waals surface area (Å²) in [5.41, 5.74) is 0. The maximum absolute atomic E-state index is 8.71. The molecule has 0 aliphatic carbocycles. The van der Waals surface area contributed by atoms with E-state index in [4.69, 9.17) is 5.26 Å². The maximum atomic E-state index is 8.71. The van der Waals surface area contributed by atoms with E-state index in [1.807, 2.05) is 0 Å². The summed E-state index contributed by atoms with van der Waals surface area (Å²) < 4.78 is 0. The van der Waals surface area contributed by atoms with Crippen LogP contribution in [0.5, 0.6) is 0 Å². The largest absolute Gasteiger partial charge is 0.300 e. The van der Waals surface area contributed by atoms with Gasteiger partial charge in [-0.3, -0.25) is 4.90 Å². The second-order valence-corrected chi connectivity index (χ2v) is 3.56. The first-order valence-electron chi connectivity index (χ1n) is 4.37. The van der Waals surface area contributed by atoms with E-state index in [2.05, 4.69) is 24.8 Å². The van der Waals surface area contributed by atoms with Crippen molar-refractivity contribution in [3.8, 4) is 6.07 Å². The Kier molecular flexibility index (Phi) is 2.90. The molecule has 0 saturated carbocycles. The Hall–Kier alpha value is -0.550. The molecule has 0 radical (unpaired) electrons. The first-order chi connectivity index (χ1) is 5.24. The molecule has 0 aromatic carbocycles. The van der Waals surface area contributed by atoms with Crippen molar-refractivity contribution >= 4 is 0 Å². The van der Waals surface area contributed by atoms with E-state index in [9.17, 15) is 0 Å². The Morgan fingerprint density at radius 2 is 2.27 bits per heavy atom. The molecule has 1 rings (SSSR count). The SMILES string of the molecule is CC(C)N1CCC[C@@H](C#N)C1. The van der Waals surface area contributed by atoms with Crippen LogP contribution < -0.4 is 0 Å². The molecule has 0 bridgehead atoms. The van der Waals surface area contributed by atoms with Crippen molar-refractivity contribution in [3.63, 3.8) is 0 Å². The smallest absolute Gasteiger partial charge is 0.0669 e. The van der Waals surface area contributed by atoms with E-state index in [1.165, 1.54) is 13.0 Å². The van der Waals surface area contributed by atoms with E-state index in [1.54, 1.807) is 0 Å². The van der Waals surface area contributed by atoms with Crippen molar-refractivity contribution in [3.05, 3.63) is 0 Å². The topological polar surface area (TPSA) is 27.0 Å². The van der Waals surface area contributed by atoms with Gasteiger partial charge in [0.1, 0.15) is 0 Å². The van der Waals surface area contributed by atoms with Gasteiger partial charge in [0.05, 0.1) is 12.0 Å². The molecule has 1 heterocycles. The highest BCUT2D eigenvalue weighted by Gasteiger charge is 2.20. The molecule has 0 spiro atoms. The third-order valence-corrected chi connectivity index (χ3v) is 2.37. The lowest BCUT2D eigenvalue weighted by Crippen LogP contribution is -2.39. The first-order valence-corrected chi connectivity index (χ1v) is 4.37. The van der Waals surface area contributed by atoms with Gasteiger partial charge in [0.25, 0.3) is 0 Å². The molecular formula is C9H16N2. The van der Waals surface area contributed by atoms with Gasteiger partial charge in [0.2, 0.25) is 0 Å². The zero-order valence-electron chi connectivity index (χ0n) is 7.38. The zero-order valence-corrected chi connectivity index (χ0v) is 7.38. The predicted molar refractivity (Wildman–Crippen MR) is 45.0 cm³/mol. The number of rotatable bonds is 1. The molecule has 0 aromatic heterocycles. The van der Waals surface area contributed by atoms with Crippen LogP contribution in [0.15, 0.2) is 0 Å². The molecular weight excluding hydrogens is 136 g/mol. The number of nitriles is 1. The fraction of sp³-hybridized carbons (Fsp3) is 0.889. The Morgan fingerprint density at radius 3 is 2.82 bits per heavy atom. The second kappa shape index (κ2) is 3.73. The third kappa shape index (κ3) is 2.20. The molecule has 11 heavy (non-hydrogen) atoms. The van der Waals surface area contributed by atoms with Crippen LogP contribution in [0.2, 0.25) is 0 Å². The summed E-state index contributed by atoms with van der Waals surface area (Å²) in [6.07, 6.45) is 2.29. The normalized spacial score (nSPS) is 26.9. The predicted octanol–water partition coefficient (Wildman–Crippen LogP) is 1.63. The van der Waals surface area contributed by atoms with Crippen LogP contribution in [-0.2, 0) is 0 Å². The van der Waals surface area contributed by atoms with Crippen LogP contribution in [0.1, 0.15) is 26.7 Å². The van der Waals surface area contributed by atoms with Gasteiger partial charge in [-0.25, -0.2) is 0 Å². The van der Waals surface area contributed by atoms with Crippen LogP contribution in [0.25, 0.3) is 0 Å². The lowest BCUT2D eigenvalue weighted by molar-refractivity contribution is 0.160. The third-order valence-electron chi connectivity index (χ3n) is 2.37. The monoisotopic (exact) mass is 152 g/mol. The Morgan fingerprint density at radius 1 is 1.55 bits per heavy atom. The summed E-state index contributed by atoms with van der Waals surface area (Å²) in [5, 5.41) is 8.71.